The van der Waals surface area contributed by atoms with E-state index < -0.39 is 10.8 Å². The predicted octanol–water partition coefficient (Wildman–Crippen LogP) is 8.06. The Morgan fingerprint density at radius 1 is 1.11 bits per heavy atom. The maximum Gasteiger partial charge on any atom is 0.324 e. The number of rotatable bonds is 6. The summed E-state index contributed by atoms with van der Waals surface area (Å²) in [7, 11) is 1.11. The zero-order valence-corrected chi connectivity index (χ0v) is 25.3. The van der Waals surface area contributed by atoms with Crippen molar-refractivity contribution in [3.8, 4) is 11.8 Å². The fourth-order valence-corrected chi connectivity index (χ4v) is 3.31. The van der Waals surface area contributed by atoms with Crippen LogP contribution < -0.4 is 4.90 Å². The van der Waals surface area contributed by atoms with Crippen LogP contribution in [0.15, 0.2) is 79.5 Å². The summed E-state index contributed by atoms with van der Waals surface area (Å²) in [6.07, 6.45) is 19.9. The predicted molar refractivity (Wildman–Crippen MR) is 166 cm³/mol. The summed E-state index contributed by atoms with van der Waals surface area (Å²) in [4.78, 5) is 15.8. The van der Waals surface area contributed by atoms with Crippen LogP contribution in [0.1, 0.15) is 66.0 Å². The highest BCUT2D eigenvalue weighted by molar-refractivity contribution is 7.85. The van der Waals surface area contributed by atoms with E-state index in [0.29, 0.717) is 13.1 Å². The number of fused-ring (bicyclic) bond motifs is 1. The van der Waals surface area contributed by atoms with Gasteiger partial charge in [0.2, 0.25) is 0 Å². The molecule has 0 aliphatic carbocycles. The van der Waals surface area contributed by atoms with Crippen molar-refractivity contribution in [1.82, 2.24) is 4.90 Å². The Kier molecular flexibility index (Phi) is 22.7. The molecule has 2 amide bonds. The number of benzene rings is 1. The molecular weight excluding hydrogens is 476 g/mol. The highest BCUT2D eigenvalue weighted by atomic mass is 32.2. The van der Waals surface area contributed by atoms with Gasteiger partial charge in [-0.1, -0.05) is 93.9 Å². The Labute approximate surface area is 230 Å². The molecule has 0 N–H and O–H groups in total. The van der Waals surface area contributed by atoms with E-state index in [1.807, 2.05) is 116 Å². The van der Waals surface area contributed by atoms with Crippen LogP contribution in [-0.2, 0) is 17.3 Å². The quantitative estimate of drug-likeness (QED) is 0.214. The van der Waals surface area contributed by atoms with Crippen LogP contribution in [0.2, 0.25) is 0 Å². The van der Waals surface area contributed by atoms with Gasteiger partial charge in [0.25, 0.3) is 0 Å². The lowest BCUT2D eigenvalue weighted by atomic mass is 10.1. The van der Waals surface area contributed by atoms with Gasteiger partial charge in [-0.2, -0.15) is 0 Å². The first-order valence-electron chi connectivity index (χ1n) is 12.9. The Morgan fingerprint density at radius 3 is 2.19 bits per heavy atom. The number of carbonyl (C=O) groups excluding carboxylic acids is 1. The molecule has 5 heteroatoms. The number of urea groups is 1. The maximum absolute atomic E-state index is 12.3. The summed E-state index contributed by atoms with van der Waals surface area (Å²) >= 11 is 0. The van der Waals surface area contributed by atoms with E-state index in [0.717, 1.165) is 23.2 Å². The van der Waals surface area contributed by atoms with Gasteiger partial charge in [0.05, 0.1) is 5.69 Å². The highest BCUT2D eigenvalue weighted by Crippen LogP contribution is 2.28. The molecule has 0 radical (unpaired) electrons. The van der Waals surface area contributed by atoms with Crippen molar-refractivity contribution in [2.45, 2.75) is 66.7 Å². The lowest BCUT2D eigenvalue weighted by Gasteiger charge is -2.34. The zero-order chi connectivity index (χ0) is 28.6. The molecule has 1 aliphatic rings. The van der Waals surface area contributed by atoms with E-state index in [1.54, 1.807) is 22.1 Å². The molecule has 0 fully saturated rings. The average Bonchev–Trinajstić information content (AvgIpc) is 2.91. The number of nitrogens with zero attached hydrogens (tertiary/aromatic N) is 2. The first kappa shape index (κ1) is 36.1. The molecule has 0 aromatic heterocycles. The second-order valence-electron chi connectivity index (χ2n) is 7.67. The average molecular weight is 525 g/mol. The zero-order valence-electron chi connectivity index (χ0n) is 24.5. The van der Waals surface area contributed by atoms with E-state index >= 15 is 0 Å². The van der Waals surface area contributed by atoms with E-state index in [4.69, 9.17) is 0 Å². The number of hydrogen-bond donors (Lipinski definition) is 0. The van der Waals surface area contributed by atoms with Gasteiger partial charge in [-0.25, -0.2) is 4.79 Å². The summed E-state index contributed by atoms with van der Waals surface area (Å²) in [6.45, 7) is 18.7. The monoisotopic (exact) mass is 524 g/mol. The van der Waals surface area contributed by atoms with E-state index in [1.165, 1.54) is 0 Å². The third kappa shape index (κ3) is 15.6. The molecule has 1 heterocycles. The molecule has 0 saturated carbocycles. The minimum Gasteiger partial charge on any atom is -0.316 e. The standard InChI is InChI=1S/C18H20N2O.C6H12OS.C6H10.C2H6/c1-4-6-8-12-20-14-16-13-15(9-7-5-2)10-11-17(16)19(3)18(20)21;1-4-5-6(2)8(3)7;1-3-5-6-4-2;1-2/h4,6,8,10-11,13H,1,5,12,14H2,2-3H3;4-6H,1-3H3;3-6H,1-2H3;1-2H3/b8-6+;5-4-;5-3-,6-4-;. The minimum atomic E-state index is -0.697. The Balaban J connectivity index is 0. The minimum absolute atomic E-state index is 0.0172. The SMILES string of the molecule is C/C=C\C(C)S(C)=O.C/C=C\C=C/C.C=C/C=C/CN1Cc2cc(C#CCC)ccc2N(C)C1=O.CC. The second-order valence-corrected chi connectivity index (χ2v) is 9.41. The topological polar surface area (TPSA) is 40.6 Å². The largest absolute Gasteiger partial charge is 0.324 e. The van der Waals surface area contributed by atoms with Crippen molar-refractivity contribution in [3.63, 3.8) is 0 Å². The Hall–Kier alpha value is -3.10. The molecule has 1 aromatic rings. The lowest BCUT2D eigenvalue weighted by Crippen LogP contribution is -2.45. The molecule has 0 spiro atoms. The maximum atomic E-state index is 12.3. The normalized spacial score (nSPS) is 14.0. The first-order chi connectivity index (χ1) is 17.8. The molecule has 0 bridgehead atoms. The molecule has 2 rings (SSSR count). The molecule has 1 aromatic carbocycles. The second kappa shape index (κ2) is 23.3. The van der Waals surface area contributed by atoms with Gasteiger partial charge in [0.1, 0.15) is 0 Å². The van der Waals surface area contributed by atoms with Gasteiger partial charge in [-0.15, -0.1) is 0 Å². The van der Waals surface area contributed by atoms with Crippen molar-refractivity contribution >= 4 is 22.5 Å². The highest BCUT2D eigenvalue weighted by Gasteiger charge is 2.26. The molecule has 4 nitrogen and oxygen atoms in total. The van der Waals surface area contributed by atoms with Gasteiger partial charge >= 0.3 is 6.03 Å². The summed E-state index contributed by atoms with van der Waals surface area (Å²) in [5.74, 6) is 6.22. The van der Waals surface area contributed by atoms with E-state index in [2.05, 4.69) is 24.5 Å². The van der Waals surface area contributed by atoms with Crippen molar-refractivity contribution in [3.05, 3.63) is 90.6 Å². The molecular formula is C32H48N2O2S. The molecule has 204 valence electrons. The molecule has 0 saturated heterocycles. The fraction of sp³-hybridized carbons (Fsp3) is 0.406. The number of carbonyl (C=O) groups is 1. The van der Waals surface area contributed by atoms with E-state index in [9.17, 15) is 9.00 Å². The van der Waals surface area contributed by atoms with Gasteiger partial charge in [-0.3, -0.25) is 9.11 Å². The number of amides is 2. The number of anilines is 1. The summed E-state index contributed by atoms with van der Waals surface area (Å²) < 4.78 is 10.6. The van der Waals surface area contributed by atoms with Crippen LogP contribution in [0.25, 0.3) is 0 Å². The van der Waals surface area contributed by atoms with Gasteiger partial charge < -0.3 is 4.90 Å². The third-order valence-corrected chi connectivity index (χ3v) is 6.05. The molecule has 2 unspecified atom stereocenters. The summed E-state index contributed by atoms with van der Waals surface area (Å²) in [5, 5.41) is 0.208. The summed E-state index contributed by atoms with van der Waals surface area (Å²) in [6, 6.07) is 6.04. The Bertz CT molecular complexity index is 984. The van der Waals surface area contributed by atoms with Crippen LogP contribution in [0.5, 0.6) is 0 Å². The number of allylic oxidation sites excluding steroid dienone is 7. The van der Waals surface area contributed by atoms with Crippen LogP contribution in [0.4, 0.5) is 10.5 Å². The van der Waals surface area contributed by atoms with Crippen molar-refractivity contribution < 1.29 is 9.00 Å². The summed E-state index contributed by atoms with van der Waals surface area (Å²) in [5.41, 5.74) is 3.10. The lowest BCUT2D eigenvalue weighted by molar-refractivity contribution is 0.206. The fourth-order valence-electron chi connectivity index (χ4n) is 2.93. The molecule has 37 heavy (non-hydrogen) atoms. The van der Waals surface area contributed by atoms with Crippen LogP contribution in [0.3, 0.4) is 0 Å². The van der Waals surface area contributed by atoms with Gasteiger partial charge in [-0.05, 0) is 51.5 Å². The van der Waals surface area contributed by atoms with Crippen molar-refractivity contribution in [2.75, 3.05) is 24.7 Å². The van der Waals surface area contributed by atoms with E-state index in [-0.39, 0.29) is 11.3 Å². The molecule has 2 atom stereocenters. The van der Waals surface area contributed by atoms with Crippen molar-refractivity contribution in [1.29, 1.82) is 0 Å². The van der Waals surface area contributed by atoms with Gasteiger partial charge in [0, 0.05) is 54.4 Å². The molecule has 1 aliphatic heterocycles. The van der Waals surface area contributed by atoms with Gasteiger partial charge in [0.15, 0.2) is 0 Å². The Morgan fingerprint density at radius 2 is 1.73 bits per heavy atom. The van der Waals surface area contributed by atoms with Crippen LogP contribution >= 0.6 is 0 Å². The smallest absolute Gasteiger partial charge is 0.316 e. The van der Waals surface area contributed by atoms with Crippen LogP contribution in [-0.4, -0.2) is 40.2 Å². The van der Waals surface area contributed by atoms with Crippen molar-refractivity contribution in [2.24, 2.45) is 0 Å². The number of hydrogen-bond acceptors (Lipinski definition) is 2. The first-order valence-corrected chi connectivity index (χ1v) is 14.5. The third-order valence-electron chi connectivity index (χ3n) is 4.85. The van der Waals surface area contributed by atoms with Crippen LogP contribution in [0, 0.1) is 11.8 Å².